The van der Waals surface area contributed by atoms with E-state index in [1.54, 1.807) is 11.9 Å². The van der Waals surface area contributed by atoms with Gasteiger partial charge in [-0.2, -0.15) is 9.49 Å². The zero-order valence-electron chi connectivity index (χ0n) is 21.1. The van der Waals surface area contributed by atoms with Gasteiger partial charge < -0.3 is 5.32 Å². The number of hydrogen-bond donors (Lipinski definition) is 1. The molecule has 9 heteroatoms. The second kappa shape index (κ2) is 8.93. The maximum Gasteiger partial charge on any atom is 0.267 e. The van der Waals surface area contributed by atoms with E-state index in [0.29, 0.717) is 23.9 Å². The largest absolute Gasteiger partial charge is 0.338 e. The summed E-state index contributed by atoms with van der Waals surface area (Å²) in [6.45, 7) is 0.482. The number of dihydropyridines is 1. The number of amides is 1. The molecule has 1 N–H and O–H groups in total. The molecule has 3 aliphatic heterocycles. The summed E-state index contributed by atoms with van der Waals surface area (Å²) in [4.78, 5) is 26.6. The number of hydrogen-bond acceptors (Lipinski definition) is 6. The van der Waals surface area contributed by atoms with Crippen molar-refractivity contribution in [1.29, 1.82) is 0 Å². The SMILES string of the molecule is CN1C(=O)c2c(Nc3ccccc3)nn(Cc3ccc(C4C=CCC(F)=N4)cc3)c2N2C1=NC1CCCC12. The zero-order valence-corrected chi connectivity index (χ0v) is 21.1. The Morgan fingerprint density at radius 1 is 1.05 bits per heavy atom. The molecule has 8 nitrogen and oxygen atoms in total. The van der Waals surface area contributed by atoms with E-state index in [1.165, 1.54) is 0 Å². The lowest BCUT2D eigenvalue weighted by atomic mass is 10.0. The number of aliphatic imine (C=N–C) groups is 2. The minimum atomic E-state index is -0.342. The Bertz CT molecular complexity index is 1490. The third-order valence-electron chi connectivity index (χ3n) is 7.82. The number of carbonyl (C=O) groups is 1. The van der Waals surface area contributed by atoms with Crippen LogP contribution in [0, 0.1) is 0 Å². The minimum absolute atomic E-state index is 0.112. The smallest absolute Gasteiger partial charge is 0.267 e. The van der Waals surface area contributed by atoms with Crippen LogP contribution in [0.15, 0.2) is 76.7 Å². The quantitative estimate of drug-likeness (QED) is 0.478. The predicted molar refractivity (Wildman–Crippen MR) is 146 cm³/mol. The summed E-state index contributed by atoms with van der Waals surface area (Å²) in [6.07, 6.45) is 7.20. The molecule has 3 unspecified atom stereocenters. The molecule has 0 saturated heterocycles. The molecular formula is C29H28FN7O. The average molecular weight is 510 g/mol. The van der Waals surface area contributed by atoms with Crippen LogP contribution < -0.4 is 10.2 Å². The highest BCUT2D eigenvalue weighted by atomic mass is 19.1. The first-order valence-electron chi connectivity index (χ1n) is 13.1. The van der Waals surface area contributed by atoms with Crippen molar-refractivity contribution in [3.63, 3.8) is 0 Å². The first-order chi connectivity index (χ1) is 18.6. The third kappa shape index (κ3) is 3.72. The number of rotatable bonds is 5. The average Bonchev–Trinajstić information content (AvgIpc) is 3.62. The molecule has 1 aliphatic carbocycles. The molecular weight excluding hydrogens is 481 g/mol. The molecule has 7 rings (SSSR count). The molecule has 192 valence electrons. The standard InChI is InChI=1S/C29H28FN7O/c1-35-28(38)25-26(31-20-7-3-2-4-8-20)34-36(27(25)37-23-11-5-10-22(23)33-29(35)37)17-18-13-15-19(16-14-18)21-9-6-12-24(30)32-21/h2-4,6-9,13-16,21-23H,5,10-12,17H2,1H3,(H,31,34). The Hall–Kier alpha value is -4.27. The van der Waals surface area contributed by atoms with Gasteiger partial charge in [-0.1, -0.05) is 54.6 Å². The topological polar surface area (TPSA) is 78.1 Å². The zero-order chi connectivity index (χ0) is 25.8. The summed E-state index contributed by atoms with van der Waals surface area (Å²) < 4.78 is 15.6. The molecule has 1 fully saturated rings. The molecule has 0 radical (unpaired) electrons. The summed E-state index contributed by atoms with van der Waals surface area (Å²) in [7, 11) is 1.80. The van der Waals surface area contributed by atoms with E-state index in [1.807, 2.05) is 71.4 Å². The van der Waals surface area contributed by atoms with Gasteiger partial charge in [-0.15, -0.1) is 0 Å². The lowest BCUT2D eigenvalue weighted by Crippen LogP contribution is -2.52. The van der Waals surface area contributed by atoms with Gasteiger partial charge in [0.05, 0.1) is 24.7 Å². The van der Waals surface area contributed by atoms with Crippen LogP contribution in [0.1, 0.15) is 53.2 Å². The van der Waals surface area contributed by atoms with Crippen molar-refractivity contribution in [3.8, 4) is 0 Å². The Morgan fingerprint density at radius 3 is 2.66 bits per heavy atom. The second-order valence-electron chi connectivity index (χ2n) is 10.2. The van der Waals surface area contributed by atoms with Gasteiger partial charge >= 0.3 is 0 Å². The van der Waals surface area contributed by atoms with Crippen molar-refractivity contribution >= 4 is 35.2 Å². The summed E-state index contributed by atoms with van der Waals surface area (Å²) in [5, 5.41) is 8.32. The van der Waals surface area contributed by atoms with Gasteiger partial charge in [-0.3, -0.25) is 14.6 Å². The van der Waals surface area contributed by atoms with Gasteiger partial charge in [0, 0.05) is 19.2 Å². The van der Waals surface area contributed by atoms with Crippen LogP contribution in [0.5, 0.6) is 0 Å². The van der Waals surface area contributed by atoms with Crippen LogP contribution in [-0.2, 0) is 6.54 Å². The Labute approximate surface area is 220 Å². The summed E-state index contributed by atoms with van der Waals surface area (Å²) in [5.41, 5.74) is 3.40. The van der Waals surface area contributed by atoms with Crippen LogP contribution in [0.3, 0.4) is 0 Å². The van der Waals surface area contributed by atoms with Crippen LogP contribution >= 0.6 is 0 Å². The Balaban J connectivity index is 1.28. The highest BCUT2D eigenvalue weighted by Crippen LogP contribution is 2.43. The fourth-order valence-corrected chi connectivity index (χ4v) is 5.96. The van der Waals surface area contributed by atoms with Gasteiger partial charge in [-0.05, 0) is 42.5 Å². The molecule has 4 heterocycles. The third-order valence-corrected chi connectivity index (χ3v) is 7.82. The van der Waals surface area contributed by atoms with Crippen LogP contribution in [-0.4, -0.2) is 51.6 Å². The number of benzene rings is 2. The normalized spacial score (nSPS) is 23.6. The van der Waals surface area contributed by atoms with E-state index >= 15 is 0 Å². The number of para-hydroxylation sites is 1. The second-order valence-corrected chi connectivity index (χ2v) is 10.2. The predicted octanol–water partition coefficient (Wildman–Crippen LogP) is 5.23. The van der Waals surface area contributed by atoms with Crippen LogP contribution in [0.25, 0.3) is 0 Å². The summed E-state index contributed by atoms with van der Waals surface area (Å²) >= 11 is 0. The molecule has 1 saturated carbocycles. The molecule has 3 atom stereocenters. The minimum Gasteiger partial charge on any atom is -0.338 e. The van der Waals surface area contributed by atoms with Crippen molar-refractivity contribution in [3.05, 3.63) is 83.4 Å². The van der Waals surface area contributed by atoms with Gasteiger partial charge in [0.25, 0.3) is 5.91 Å². The number of nitrogens with zero attached hydrogens (tertiary/aromatic N) is 6. The number of carbonyl (C=O) groups excluding carboxylic acids is 1. The monoisotopic (exact) mass is 509 g/mol. The molecule has 0 spiro atoms. The maximum atomic E-state index is 13.7. The fraction of sp³-hybridized carbons (Fsp3) is 0.310. The number of guanidine groups is 1. The molecule has 0 bridgehead atoms. The van der Waals surface area contributed by atoms with Crippen molar-refractivity contribution in [1.82, 2.24) is 14.7 Å². The molecule has 3 aromatic rings. The highest BCUT2D eigenvalue weighted by molar-refractivity contribution is 6.21. The fourth-order valence-electron chi connectivity index (χ4n) is 5.96. The lowest BCUT2D eigenvalue weighted by molar-refractivity contribution is 0.0865. The summed E-state index contributed by atoms with van der Waals surface area (Å²) in [5.74, 6) is 1.59. The van der Waals surface area contributed by atoms with Gasteiger partial charge in [-0.25, -0.2) is 14.7 Å². The van der Waals surface area contributed by atoms with E-state index < -0.39 is 0 Å². The molecule has 1 aromatic heterocycles. The Kier molecular flexibility index (Phi) is 5.38. The van der Waals surface area contributed by atoms with Gasteiger partial charge in [0.1, 0.15) is 11.4 Å². The van der Waals surface area contributed by atoms with E-state index in [2.05, 4.69) is 15.2 Å². The van der Waals surface area contributed by atoms with Crippen LogP contribution in [0.4, 0.5) is 21.7 Å². The van der Waals surface area contributed by atoms with Gasteiger partial charge in [0.2, 0.25) is 5.96 Å². The number of aromatic nitrogens is 2. The number of allylic oxidation sites excluding steroid dienone is 1. The Morgan fingerprint density at radius 2 is 1.87 bits per heavy atom. The van der Waals surface area contributed by atoms with E-state index in [-0.39, 0.29) is 36.4 Å². The molecule has 2 aromatic carbocycles. The van der Waals surface area contributed by atoms with Crippen molar-refractivity contribution < 1.29 is 9.18 Å². The number of nitrogens with one attached hydrogen (secondary N) is 1. The first-order valence-corrected chi connectivity index (χ1v) is 13.1. The molecule has 38 heavy (non-hydrogen) atoms. The van der Waals surface area contributed by atoms with Gasteiger partial charge in [0.15, 0.2) is 11.8 Å². The highest BCUT2D eigenvalue weighted by Gasteiger charge is 2.49. The van der Waals surface area contributed by atoms with E-state index in [0.717, 1.165) is 41.9 Å². The van der Waals surface area contributed by atoms with Crippen molar-refractivity contribution in [2.24, 2.45) is 9.98 Å². The number of fused-ring (bicyclic) bond motifs is 5. The molecule has 1 amide bonds. The first kappa shape index (κ1) is 22.9. The lowest BCUT2D eigenvalue weighted by Gasteiger charge is -2.35. The number of halogens is 1. The maximum absolute atomic E-state index is 13.7. The van der Waals surface area contributed by atoms with Crippen molar-refractivity contribution in [2.75, 3.05) is 17.3 Å². The number of anilines is 3. The summed E-state index contributed by atoms with van der Waals surface area (Å²) in [6, 6.07) is 17.9. The van der Waals surface area contributed by atoms with E-state index in [4.69, 9.17) is 10.1 Å². The van der Waals surface area contributed by atoms with Crippen molar-refractivity contribution in [2.45, 2.75) is 50.4 Å². The van der Waals surface area contributed by atoms with E-state index in [9.17, 15) is 9.18 Å². The van der Waals surface area contributed by atoms with Crippen LogP contribution in [0.2, 0.25) is 0 Å². The molecule has 4 aliphatic rings.